The number of H-pyrrole nitrogens is 1. The first-order chi connectivity index (χ1) is 9.15. The van der Waals surface area contributed by atoms with Gasteiger partial charge in [-0.3, -0.25) is 4.79 Å². The minimum Gasteiger partial charge on any atom is -0.356 e. The third-order valence-electron chi connectivity index (χ3n) is 3.47. The lowest BCUT2D eigenvalue weighted by molar-refractivity contribution is 0.0977. The molecule has 0 spiro atoms. The molecule has 1 aromatic carbocycles. The van der Waals surface area contributed by atoms with Gasteiger partial charge in [0.15, 0.2) is 0 Å². The number of carbonyl (C=O) groups is 1. The zero-order valence-corrected chi connectivity index (χ0v) is 12.3. The second-order valence-corrected chi connectivity index (χ2v) is 6.00. The van der Waals surface area contributed by atoms with Crippen molar-refractivity contribution >= 4 is 27.5 Å². The largest absolute Gasteiger partial charge is 0.356 e. The van der Waals surface area contributed by atoms with Crippen molar-refractivity contribution in [3.05, 3.63) is 52.3 Å². The zero-order valence-electron chi connectivity index (χ0n) is 10.7. The monoisotopic (exact) mass is 318 g/mol. The number of hydrogen-bond acceptors (Lipinski definition) is 1. The number of nitrogens with one attached hydrogen (secondary N) is 1. The Hall–Kier alpha value is -1.55. The summed E-state index contributed by atoms with van der Waals surface area (Å²) in [5.41, 5.74) is 2.91. The molecular weight excluding hydrogens is 304 g/mol. The molecule has 19 heavy (non-hydrogen) atoms. The third-order valence-corrected chi connectivity index (χ3v) is 3.93. The lowest BCUT2D eigenvalue weighted by atomic mass is 9.94. The number of aromatic amines is 1. The molecule has 0 fully saturated rings. The maximum Gasteiger partial charge on any atom is 0.274 e. The number of nitrogens with zero attached hydrogens (tertiary/aromatic N) is 1. The van der Waals surface area contributed by atoms with Crippen molar-refractivity contribution in [3.8, 4) is 0 Å². The van der Waals surface area contributed by atoms with E-state index in [1.54, 1.807) is 6.20 Å². The first-order valence-corrected chi connectivity index (χ1v) is 7.18. The maximum absolute atomic E-state index is 12.6. The molecular formula is C15H15BrN2O. The van der Waals surface area contributed by atoms with E-state index in [9.17, 15) is 4.79 Å². The van der Waals surface area contributed by atoms with Crippen molar-refractivity contribution in [2.45, 2.75) is 13.3 Å². The zero-order chi connectivity index (χ0) is 13.4. The fraction of sp³-hybridized carbons (Fsp3) is 0.267. The van der Waals surface area contributed by atoms with Crippen molar-refractivity contribution in [2.24, 2.45) is 5.92 Å². The van der Waals surface area contributed by atoms with Gasteiger partial charge >= 0.3 is 0 Å². The summed E-state index contributed by atoms with van der Waals surface area (Å²) in [6.07, 6.45) is 2.82. The quantitative estimate of drug-likeness (QED) is 0.856. The molecule has 2 heterocycles. The van der Waals surface area contributed by atoms with Crippen molar-refractivity contribution in [1.29, 1.82) is 0 Å². The first-order valence-electron chi connectivity index (χ1n) is 6.39. The lowest BCUT2D eigenvalue weighted by Crippen LogP contribution is -2.39. The molecule has 3 rings (SSSR count). The topological polar surface area (TPSA) is 36.1 Å². The number of benzene rings is 1. The van der Waals surface area contributed by atoms with E-state index in [1.807, 2.05) is 29.2 Å². The number of hydrogen-bond donors (Lipinski definition) is 1. The molecule has 1 atom stereocenters. The number of amides is 1. The van der Waals surface area contributed by atoms with Crippen molar-refractivity contribution in [1.82, 2.24) is 4.98 Å². The fourth-order valence-corrected chi connectivity index (χ4v) is 2.97. The van der Waals surface area contributed by atoms with E-state index < -0.39 is 0 Å². The number of anilines is 1. The molecule has 0 bridgehead atoms. The summed E-state index contributed by atoms with van der Waals surface area (Å²) in [4.78, 5) is 17.5. The summed E-state index contributed by atoms with van der Waals surface area (Å²) in [7, 11) is 0. The van der Waals surface area contributed by atoms with Gasteiger partial charge in [-0.05, 0) is 46.0 Å². The minimum atomic E-state index is 0.0321. The predicted octanol–water partition coefficient (Wildman–Crippen LogP) is 3.62. The van der Waals surface area contributed by atoms with Crippen LogP contribution in [0, 0.1) is 5.92 Å². The SMILES string of the molecule is CC1Cc2ccccc2N(C(=O)c2cc(Br)c[nH]2)C1. The molecule has 0 radical (unpaired) electrons. The van der Waals surface area contributed by atoms with Crippen LogP contribution in [0.4, 0.5) is 5.69 Å². The molecule has 1 amide bonds. The molecule has 1 aliphatic heterocycles. The average molecular weight is 319 g/mol. The second kappa shape index (κ2) is 4.85. The van der Waals surface area contributed by atoms with Gasteiger partial charge in [-0.25, -0.2) is 0 Å². The molecule has 4 heteroatoms. The minimum absolute atomic E-state index is 0.0321. The molecule has 1 aromatic heterocycles. The highest BCUT2D eigenvalue weighted by Gasteiger charge is 2.27. The van der Waals surface area contributed by atoms with Gasteiger partial charge in [0.25, 0.3) is 5.91 Å². The molecule has 0 saturated heterocycles. The van der Waals surface area contributed by atoms with E-state index in [2.05, 4.69) is 33.9 Å². The van der Waals surface area contributed by atoms with Crippen molar-refractivity contribution in [3.63, 3.8) is 0 Å². The van der Waals surface area contributed by atoms with Gasteiger partial charge in [0.2, 0.25) is 0 Å². The normalized spacial score (nSPS) is 18.2. The summed E-state index contributed by atoms with van der Waals surface area (Å²) in [5, 5.41) is 0. The predicted molar refractivity (Wildman–Crippen MR) is 79.5 cm³/mol. The Morgan fingerprint density at radius 1 is 1.42 bits per heavy atom. The molecule has 1 aliphatic rings. The van der Waals surface area contributed by atoms with E-state index in [4.69, 9.17) is 0 Å². The van der Waals surface area contributed by atoms with Gasteiger partial charge < -0.3 is 9.88 Å². The average Bonchev–Trinajstić information content (AvgIpc) is 2.83. The van der Waals surface area contributed by atoms with E-state index >= 15 is 0 Å². The van der Waals surface area contributed by atoms with Crippen LogP contribution in [0.3, 0.4) is 0 Å². The Labute approximate surface area is 120 Å². The smallest absolute Gasteiger partial charge is 0.274 e. The fourth-order valence-electron chi connectivity index (χ4n) is 2.63. The summed E-state index contributed by atoms with van der Waals surface area (Å²) in [6.45, 7) is 2.95. The van der Waals surface area contributed by atoms with E-state index in [0.717, 1.165) is 23.1 Å². The van der Waals surface area contributed by atoms with Gasteiger partial charge in [0.1, 0.15) is 5.69 Å². The van der Waals surface area contributed by atoms with Gasteiger partial charge in [0.05, 0.1) is 0 Å². The number of rotatable bonds is 1. The van der Waals surface area contributed by atoms with Crippen LogP contribution in [0.5, 0.6) is 0 Å². The van der Waals surface area contributed by atoms with Crippen LogP contribution in [0.1, 0.15) is 23.0 Å². The highest BCUT2D eigenvalue weighted by Crippen LogP contribution is 2.30. The molecule has 98 valence electrons. The van der Waals surface area contributed by atoms with Gasteiger partial charge in [-0.2, -0.15) is 0 Å². The van der Waals surface area contributed by atoms with Crippen LogP contribution in [0.2, 0.25) is 0 Å². The Kier molecular flexibility index (Phi) is 3.19. The lowest BCUT2D eigenvalue weighted by Gasteiger charge is -2.32. The number of carbonyl (C=O) groups excluding carboxylic acids is 1. The molecule has 1 N–H and O–H groups in total. The van der Waals surface area contributed by atoms with Crippen LogP contribution in [-0.4, -0.2) is 17.4 Å². The number of aromatic nitrogens is 1. The van der Waals surface area contributed by atoms with Crippen LogP contribution < -0.4 is 4.90 Å². The standard InChI is InChI=1S/C15H15BrN2O/c1-10-6-11-4-2-3-5-14(11)18(9-10)15(19)13-7-12(16)8-17-13/h2-5,7-8,10,17H,6,9H2,1H3. The summed E-state index contributed by atoms with van der Waals surface area (Å²) in [5.74, 6) is 0.516. The number of para-hydroxylation sites is 1. The van der Waals surface area contributed by atoms with Gasteiger partial charge in [-0.15, -0.1) is 0 Å². The Morgan fingerprint density at radius 2 is 2.21 bits per heavy atom. The van der Waals surface area contributed by atoms with Gasteiger partial charge in [0, 0.05) is 22.9 Å². The molecule has 3 nitrogen and oxygen atoms in total. The van der Waals surface area contributed by atoms with Crippen LogP contribution in [0.25, 0.3) is 0 Å². The van der Waals surface area contributed by atoms with Crippen molar-refractivity contribution in [2.75, 3.05) is 11.4 Å². The van der Waals surface area contributed by atoms with Gasteiger partial charge in [-0.1, -0.05) is 25.1 Å². The van der Waals surface area contributed by atoms with E-state index in [-0.39, 0.29) is 5.91 Å². The molecule has 0 saturated carbocycles. The van der Waals surface area contributed by atoms with E-state index in [1.165, 1.54) is 5.56 Å². The highest BCUT2D eigenvalue weighted by molar-refractivity contribution is 9.10. The summed E-state index contributed by atoms with van der Waals surface area (Å²) in [6, 6.07) is 9.97. The van der Waals surface area contributed by atoms with E-state index in [0.29, 0.717) is 11.6 Å². The third kappa shape index (κ3) is 2.32. The Bertz CT molecular complexity index is 620. The summed E-state index contributed by atoms with van der Waals surface area (Å²) < 4.78 is 0.897. The maximum atomic E-state index is 12.6. The highest BCUT2D eigenvalue weighted by atomic mass is 79.9. The second-order valence-electron chi connectivity index (χ2n) is 5.09. The number of fused-ring (bicyclic) bond motifs is 1. The first kappa shape index (κ1) is 12.5. The van der Waals surface area contributed by atoms with Crippen LogP contribution in [0.15, 0.2) is 41.0 Å². The molecule has 1 unspecified atom stereocenters. The Morgan fingerprint density at radius 3 is 2.95 bits per heavy atom. The van der Waals surface area contributed by atoms with Crippen molar-refractivity contribution < 1.29 is 4.79 Å². The van der Waals surface area contributed by atoms with Crippen LogP contribution in [-0.2, 0) is 6.42 Å². The number of halogens is 1. The molecule has 2 aromatic rings. The molecule has 0 aliphatic carbocycles. The summed E-state index contributed by atoms with van der Waals surface area (Å²) >= 11 is 3.37. The Balaban J connectivity index is 1.99. The van der Waals surface area contributed by atoms with Crippen LogP contribution >= 0.6 is 15.9 Å².